The highest BCUT2D eigenvalue weighted by atomic mass is 19.4. The van der Waals surface area contributed by atoms with Crippen LogP contribution in [0.15, 0.2) is 72.9 Å². The molecular formula is C24H19F3N4O3. The SMILES string of the molecule is O=C(COC(=O)c1cc(-c2ccccc2)nc2c1cnn2Cc1ccccc1)NCC(F)(F)F. The molecule has 0 unspecified atom stereocenters. The molecule has 1 N–H and O–H groups in total. The second-order valence-corrected chi connectivity index (χ2v) is 7.41. The van der Waals surface area contributed by atoms with Gasteiger partial charge in [-0.05, 0) is 11.6 Å². The molecule has 0 radical (unpaired) electrons. The number of ether oxygens (including phenoxy) is 1. The van der Waals surface area contributed by atoms with Crippen molar-refractivity contribution in [1.29, 1.82) is 0 Å². The van der Waals surface area contributed by atoms with Crippen molar-refractivity contribution in [3.05, 3.63) is 84.1 Å². The topological polar surface area (TPSA) is 86.1 Å². The third kappa shape index (κ3) is 5.58. The molecule has 34 heavy (non-hydrogen) atoms. The Balaban J connectivity index is 1.65. The van der Waals surface area contributed by atoms with Gasteiger partial charge in [0.2, 0.25) is 0 Å². The van der Waals surface area contributed by atoms with E-state index in [0.29, 0.717) is 23.3 Å². The van der Waals surface area contributed by atoms with Crippen molar-refractivity contribution in [2.75, 3.05) is 13.2 Å². The minimum atomic E-state index is -4.56. The van der Waals surface area contributed by atoms with E-state index in [1.54, 1.807) is 10.00 Å². The molecule has 2 aromatic heterocycles. The molecule has 0 spiro atoms. The second-order valence-electron chi connectivity index (χ2n) is 7.41. The summed E-state index contributed by atoms with van der Waals surface area (Å²) in [5.41, 5.74) is 2.74. The van der Waals surface area contributed by atoms with E-state index in [4.69, 9.17) is 4.74 Å². The molecule has 0 atom stereocenters. The summed E-state index contributed by atoms with van der Waals surface area (Å²) in [6.45, 7) is -1.95. The molecule has 7 nitrogen and oxygen atoms in total. The van der Waals surface area contributed by atoms with Gasteiger partial charge in [-0.3, -0.25) is 4.79 Å². The predicted molar refractivity (Wildman–Crippen MR) is 118 cm³/mol. The first-order valence-corrected chi connectivity index (χ1v) is 10.3. The summed E-state index contributed by atoms with van der Waals surface area (Å²) in [7, 11) is 0. The molecule has 0 aliphatic carbocycles. The van der Waals surface area contributed by atoms with Crippen LogP contribution in [0.1, 0.15) is 15.9 Å². The van der Waals surface area contributed by atoms with E-state index in [0.717, 1.165) is 11.1 Å². The molecule has 0 aliphatic rings. The molecule has 174 valence electrons. The van der Waals surface area contributed by atoms with Gasteiger partial charge in [0.15, 0.2) is 12.3 Å². The Bertz CT molecular complexity index is 1310. The molecule has 2 aromatic carbocycles. The lowest BCUT2D eigenvalue weighted by Crippen LogP contribution is -2.36. The van der Waals surface area contributed by atoms with Gasteiger partial charge in [-0.25, -0.2) is 14.5 Å². The fourth-order valence-electron chi connectivity index (χ4n) is 3.30. The standard InChI is InChI=1S/C24H19F3N4O3/c25-24(26,27)15-28-21(32)14-34-23(33)18-11-20(17-9-5-2-6-10-17)30-22-19(18)12-29-31(22)13-16-7-3-1-4-8-16/h1-12H,13-15H2,(H,28,32). The van der Waals surface area contributed by atoms with Gasteiger partial charge in [0.25, 0.3) is 5.91 Å². The Morgan fingerprint density at radius 3 is 2.35 bits per heavy atom. The number of hydrogen-bond acceptors (Lipinski definition) is 5. The number of hydrogen-bond donors (Lipinski definition) is 1. The third-order valence-electron chi connectivity index (χ3n) is 4.89. The first-order valence-electron chi connectivity index (χ1n) is 10.3. The number of nitrogens with one attached hydrogen (secondary N) is 1. The number of esters is 1. The number of alkyl halides is 3. The lowest BCUT2D eigenvalue weighted by atomic mass is 10.1. The molecule has 10 heteroatoms. The van der Waals surface area contributed by atoms with Crippen LogP contribution in [0.2, 0.25) is 0 Å². The maximum atomic E-state index is 12.8. The zero-order valence-electron chi connectivity index (χ0n) is 17.7. The quantitative estimate of drug-likeness (QED) is 0.415. The monoisotopic (exact) mass is 468 g/mol. The summed E-state index contributed by atoms with van der Waals surface area (Å²) in [5.74, 6) is -1.93. The predicted octanol–water partition coefficient (Wildman–Crippen LogP) is 3.98. The van der Waals surface area contributed by atoms with Crippen molar-refractivity contribution in [1.82, 2.24) is 20.1 Å². The number of rotatable bonds is 7. The molecule has 0 saturated carbocycles. The number of amides is 1. The summed E-state index contributed by atoms with van der Waals surface area (Å²) in [6, 6.07) is 20.2. The van der Waals surface area contributed by atoms with Crippen LogP contribution in [-0.4, -0.2) is 46.0 Å². The van der Waals surface area contributed by atoms with Crippen LogP contribution in [0.3, 0.4) is 0 Å². The molecular weight excluding hydrogens is 449 g/mol. The number of fused-ring (bicyclic) bond motifs is 1. The molecule has 0 saturated heterocycles. The maximum absolute atomic E-state index is 12.8. The van der Waals surface area contributed by atoms with Gasteiger partial charge in [0.05, 0.1) is 29.4 Å². The van der Waals surface area contributed by atoms with Gasteiger partial charge in [-0.2, -0.15) is 18.3 Å². The first kappa shape index (κ1) is 23.0. The number of halogens is 3. The van der Waals surface area contributed by atoms with E-state index in [9.17, 15) is 22.8 Å². The van der Waals surface area contributed by atoms with Crippen molar-refractivity contribution < 1.29 is 27.5 Å². The van der Waals surface area contributed by atoms with Gasteiger partial charge < -0.3 is 10.1 Å². The Morgan fingerprint density at radius 1 is 1.00 bits per heavy atom. The van der Waals surface area contributed by atoms with Gasteiger partial charge in [-0.1, -0.05) is 60.7 Å². The minimum absolute atomic E-state index is 0.104. The van der Waals surface area contributed by atoms with Crippen molar-refractivity contribution >= 4 is 22.9 Å². The zero-order chi connectivity index (χ0) is 24.1. The summed E-state index contributed by atoms with van der Waals surface area (Å²) < 4.78 is 43.5. The van der Waals surface area contributed by atoms with Gasteiger partial charge in [-0.15, -0.1) is 0 Å². The number of aromatic nitrogens is 3. The highest BCUT2D eigenvalue weighted by Crippen LogP contribution is 2.26. The van der Waals surface area contributed by atoms with Crippen LogP contribution in [-0.2, 0) is 16.1 Å². The van der Waals surface area contributed by atoms with E-state index in [1.165, 1.54) is 12.3 Å². The second kappa shape index (κ2) is 9.74. The summed E-state index contributed by atoms with van der Waals surface area (Å²) in [4.78, 5) is 29.2. The number of carbonyl (C=O) groups is 2. The van der Waals surface area contributed by atoms with E-state index in [2.05, 4.69) is 10.1 Å². The molecule has 1 amide bonds. The average molecular weight is 468 g/mol. The molecule has 4 aromatic rings. The van der Waals surface area contributed by atoms with Gasteiger partial charge >= 0.3 is 12.1 Å². The lowest BCUT2D eigenvalue weighted by molar-refractivity contribution is -0.140. The van der Waals surface area contributed by atoms with Crippen LogP contribution in [0.5, 0.6) is 0 Å². The van der Waals surface area contributed by atoms with Crippen molar-refractivity contribution in [2.45, 2.75) is 12.7 Å². The Kier molecular flexibility index (Phi) is 6.58. The average Bonchev–Trinajstić information content (AvgIpc) is 3.24. The van der Waals surface area contributed by atoms with Crippen molar-refractivity contribution in [3.8, 4) is 11.3 Å². The summed E-state index contributed by atoms with van der Waals surface area (Å²) in [6.07, 6.45) is -3.09. The van der Waals surface area contributed by atoms with Crippen LogP contribution in [0.25, 0.3) is 22.3 Å². The van der Waals surface area contributed by atoms with E-state index in [-0.39, 0.29) is 5.56 Å². The fraction of sp³-hybridized carbons (Fsp3) is 0.167. The number of benzene rings is 2. The smallest absolute Gasteiger partial charge is 0.405 e. The molecule has 0 aliphatic heterocycles. The van der Waals surface area contributed by atoms with Gasteiger partial charge in [0, 0.05) is 5.56 Å². The fourth-order valence-corrected chi connectivity index (χ4v) is 3.30. The van der Waals surface area contributed by atoms with Crippen molar-refractivity contribution in [2.24, 2.45) is 0 Å². The number of pyridine rings is 1. The highest BCUT2D eigenvalue weighted by molar-refractivity contribution is 6.04. The minimum Gasteiger partial charge on any atom is -0.452 e. The number of carbonyl (C=O) groups excluding carboxylic acids is 2. The van der Waals surface area contributed by atoms with Gasteiger partial charge in [0.1, 0.15) is 6.54 Å². The van der Waals surface area contributed by atoms with E-state index >= 15 is 0 Å². The zero-order valence-corrected chi connectivity index (χ0v) is 17.7. The molecule has 2 heterocycles. The van der Waals surface area contributed by atoms with Crippen LogP contribution in [0, 0.1) is 0 Å². The van der Waals surface area contributed by atoms with Crippen LogP contribution in [0.4, 0.5) is 13.2 Å². The van der Waals surface area contributed by atoms with E-state index < -0.39 is 31.2 Å². The molecule has 0 fully saturated rings. The molecule has 0 bridgehead atoms. The summed E-state index contributed by atoms with van der Waals surface area (Å²) in [5, 5.41) is 6.43. The Labute approximate surface area is 192 Å². The third-order valence-corrected chi connectivity index (χ3v) is 4.89. The van der Waals surface area contributed by atoms with Crippen LogP contribution < -0.4 is 5.32 Å². The number of nitrogens with zero attached hydrogens (tertiary/aromatic N) is 3. The molecule has 4 rings (SSSR count). The normalized spacial score (nSPS) is 11.4. The van der Waals surface area contributed by atoms with E-state index in [1.807, 2.05) is 60.7 Å². The Hall–Kier alpha value is -4.21. The van der Waals surface area contributed by atoms with Crippen LogP contribution >= 0.6 is 0 Å². The largest absolute Gasteiger partial charge is 0.452 e. The maximum Gasteiger partial charge on any atom is 0.405 e. The lowest BCUT2D eigenvalue weighted by Gasteiger charge is -2.10. The Morgan fingerprint density at radius 2 is 1.68 bits per heavy atom. The highest BCUT2D eigenvalue weighted by Gasteiger charge is 2.28. The first-order chi connectivity index (χ1) is 16.3. The van der Waals surface area contributed by atoms with Crippen molar-refractivity contribution in [3.63, 3.8) is 0 Å². The summed E-state index contributed by atoms with van der Waals surface area (Å²) >= 11 is 0.